The maximum Gasteiger partial charge on any atom is 0.148 e. The normalized spacial score (nSPS) is 11.8. The minimum atomic E-state index is 0.910. The van der Waals surface area contributed by atoms with Crippen LogP contribution in [0.1, 0.15) is 0 Å². The molecule has 0 N–H and O–H groups in total. The van der Waals surface area contributed by atoms with Gasteiger partial charge in [0.05, 0.1) is 0 Å². The Kier molecular flexibility index (Phi) is 6.77. The molecule has 8 aromatic carbocycles. The van der Waals surface area contributed by atoms with Crippen molar-refractivity contribution in [3.05, 3.63) is 164 Å². The molecule has 0 spiro atoms. The number of anilines is 3. The molecule has 0 radical (unpaired) electrons. The van der Waals surface area contributed by atoms with E-state index in [0.717, 1.165) is 38.2 Å². The van der Waals surface area contributed by atoms with Gasteiger partial charge in [0, 0.05) is 68.5 Å². The Morgan fingerprint density at radius 3 is 1.37 bits per heavy atom. The van der Waals surface area contributed by atoms with Crippen LogP contribution in [-0.4, -0.2) is 10.2 Å². The van der Waals surface area contributed by atoms with E-state index in [2.05, 4.69) is 161 Å². The monoisotopic (exact) mass is 717 g/mol. The number of hydrogen-bond acceptors (Lipinski definition) is 6. The van der Waals surface area contributed by atoms with Gasteiger partial charge in [-0.05, 0) is 82.2 Å². The van der Waals surface area contributed by atoms with Crippen LogP contribution in [0.4, 0.5) is 17.1 Å². The molecule has 11 rings (SSSR count). The Bertz CT molecular complexity index is 2980. The molecule has 0 bridgehead atoms. The Morgan fingerprint density at radius 2 is 0.808 bits per heavy atom. The number of aromatic nitrogens is 2. The second-order valence-electron chi connectivity index (χ2n) is 13.1. The van der Waals surface area contributed by atoms with Crippen LogP contribution in [0.5, 0.6) is 0 Å². The first kappa shape index (κ1) is 29.8. The van der Waals surface area contributed by atoms with Crippen molar-refractivity contribution in [1.82, 2.24) is 10.2 Å². The molecule has 0 amide bonds. The summed E-state index contributed by atoms with van der Waals surface area (Å²) in [6.45, 7) is 0. The zero-order valence-electron chi connectivity index (χ0n) is 27.7. The molecule has 3 heterocycles. The van der Waals surface area contributed by atoms with Crippen LogP contribution in [0.3, 0.4) is 0 Å². The Balaban J connectivity index is 1.05. The molecule has 11 aromatic rings. The molecule has 52 heavy (non-hydrogen) atoms. The largest absolute Gasteiger partial charge is 0.310 e. The minimum Gasteiger partial charge on any atom is -0.310 e. The molecule has 0 saturated carbocycles. The highest BCUT2D eigenvalue weighted by Crippen LogP contribution is 2.44. The summed E-state index contributed by atoms with van der Waals surface area (Å²) in [6, 6.07) is 59.4. The molecule has 0 aliphatic heterocycles. The van der Waals surface area contributed by atoms with Crippen molar-refractivity contribution in [1.29, 1.82) is 0 Å². The van der Waals surface area contributed by atoms with Crippen LogP contribution >= 0.6 is 34.0 Å². The summed E-state index contributed by atoms with van der Waals surface area (Å²) in [5.74, 6) is 0. The fourth-order valence-electron chi connectivity index (χ4n) is 7.51. The van der Waals surface area contributed by atoms with Crippen LogP contribution in [0.25, 0.3) is 83.0 Å². The number of nitrogens with zero attached hydrogens (tertiary/aromatic N) is 3. The summed E-state index contributed by atoms with van der Waals surface area (Å²) in [4.78, 5) is 2.38. The van der Waals surface area contributed by atoms with Gasteiger partial charge < -0.3 is 4.90 Å². The summed E-state index contributed by atoms with van der Waals surface area (Å²) in [5.41, 5.74) is 5.46. The Morgan fingerprint density at radius 1 is 0.346 bits per heavy atom. The molecular formula is C46H27N3S3. The highest BCUT2D eigenvalue weighted by atomic mass is 32.1. The molecule has 0 saturated heterocycles. The van der Waals surface area contributed by atoms with Crippen LogP contribution in [0.15, 0.2) is 164 Å². The lowest BCUT2D eigenvalue weighted by molar-refractivity contribution is 1.10. The predicted molar refractivity (Wildman–Crippen MR) is 226 cm³/mol. The van der Waals surface area contributed by atoms with Crippen LogP contribution in [0, 0.1) is 0 Å². The highest BCUT2D eigenvalue weighted by molar-refractivity contribution is 7.27. The molecule has 0 unspecified atom stereocenters. The van der Waals surface area contributed by atoms with E-state index in [4.69, 9.17) is 0 Å². The second kappa shape index (κ2) is 11.8. The van der Waals surface area contributed by atoms with Gasteiger partial charge in [0.25, 0.3) is 0 Å². The van der Waals surface area contributed by atoms with Crippen molar-refractivity contribution >= 4 is 113 Å². The molecule has 0 aliphatic carbocycles. The molecule has 0 aliphatic rings. The average Bonchev–Trinajstić information content (AvgIpc) is 3.95. The van der Waals surface area contributed by atoms with E-state index in [1.54, 1.807) is 11.3 Å². The summed E-state index contributed by atoms with van der Waals surface area (Å²) >= 11 is 5.38. The van der Waals surface area contributed by atoms with Crippen LogP contribution < -0.4 is 4.90 Å². The van der Waals surface area contributed by atoms with E-state index in [9.17, 15) is 0 Å². The average molecular weight is 718 g/mol. The number of thiophene rings is 2. The van der Waals surface area contributed by atoms with Gasteiger partial charge in [0.15, 0.2) is 0 Å². The van der Waals surface area contributed by atoms with Gasteiger partial charge in [0.1, 0.15) is 10.0 Å². The third-order valence-corrected chi connectivity index (χ3v) is 13.5. The van der Waals surface area contributed by atoms with Gasteiger partial charge in [-0.25, -0.2) is 0 Å². The van der Waals surface area contributed by atoms with Gasteiger partial charge in [-0.2, -0.15) is 0 Å². The topological polar surface area (TPSA) is 29.0 Å². The lowest BCUT2D eigenvalue weighted by atomic mass is 10.0. The number of hydrogen-bond donors (Lipinski definition) is 0. The van der Waals surface area contributed by atoms with Crippen molar-refractivity contribution in [3.8, 4) is 21.1 Å². The van der Waals surface area contributed by atoms with Crippen molar-refractivity contribution in [2.75, 3.05) is 4.90 Å². The van der Waals surface area contributed by atoms with Gasteiger partial charge in [-0.15, -0.1) is 32.9 Å². The summed E-state index contributed by atoms with van der Waals surface area (Å²) in [7, 11) is 0. The lowest BCUT2D eigenvalue weighted by Crippen LogP contribution is -2.09. The van der Waals surface area contributed by atoms with Gasteiger partial charge in [-0.1, -0.05) is 114 Å². The third kappa shape index (κ3) is 4.76. The van der Waals surface area contributed by atoms with E-state index in [0.29, 0.717) is 0 Å². The first-order chi connectivity index (χ1) is 25.7. The zero-order chi connectivity index (χ0) is 34.2. The third-order valence-electron chi connectivity index (χ3n) is 10.0. The molecule has 244 valence electrons. The standard InChI is InChI=1S/C46H27N3S3/c1-2-8-28(9-3-1)45-47-48-46(52-45)29-14-18-32(19-15-29)49(33-20-24-35-30(26-33)16-22-39-37-10-4-6-12-41(37)50-43(35)39)34-21-25-36-31(27-34)17-23-40-38-11-5-7-13-42(38)51-44(36)40/h1-27H. The first-order valence-corrected chi connectivity index (χ1v) is 19.7. The van der Waals surface area contributed by atoms with Crippen LogP contribution in [-0.2, 0) is 0 Å². The van der Waals surface area contributed by atoms with E-state index in [1.807, 2.05) is 40.9 Å². The van der Waals surface area contributed by atoms with E-state index in [-0.39, 0.29) is 0 Å². The molecular weight excluding hydrogens is 691 g/mol. The molecule has 0 atom stereocenters. The predicted octanol–water partition coefficient (Wildman–Crippen LogP) is 14.4. The summed E-state index contributed by atoms with van der Waals surface area (Å²) in [5, 5.41) is 21.2. The Labute approximate surface area is 311 Å². The van der Waals surface area contributed by atoms with Gasteiger partial charge in [-0.3, -0.25) is 0 Å². The number of fused-ring (bicyclic) bond motifs is 10. The van der Waals surface area contributed by atoms with Crippen molar-refractivity contribution in [2.24, 2.45) is 0 Å². The second-order valence-corrected chi connectivity index (χ2v) is 16.1. The lowest BCUT2D eigenvalue weighted by Gasteiger charge is -2.26. The van der Waals surface area contributed by atoms with E-state index >= 15 is 0 Å². The van der Waals surface area contributed by atoms with Crippen LogP contribution in [0.2, 0.25) is 0 Å². The van der Waals surface area contributed by atoms with Gasteiger partial charge >= 0.3 is 0 Å². The summed E-state index contributed by atoms with van der Waals surface area (Å²) in [6.07, 6.45) is 0. The van der Waals surface area contributed by atoms with Gasteiger partial charge in [0.2, 0.25) is 0 Å². The smallest absolute Gasteiger partial charge is 0.148 e. The minimum absolute atomic E-state index is 0.910. The molecule has 6 heteroatoms. The molecule has 3 nitrogen and oxygen atoms in total. The van der Waals surface area contributed by atoms with E-state index in [1.165, 1.54) is 61.9 Å². The Hall–Kier alpha value is -5.92. The number of benzene rings is 8. The zero-order valence-corrected chi connectivity index (χ0v) is 30.1. The molecule has 0 fully saturated rings. The van der Waals surface area contributed by atoms with Crippen molar-refractivity contribution in [2.45, 2.75) is 0 Å². The SMILES string of the molecule is c1ccc(-c2nnc(-c3ccc(N(c4ccc5c(ccc6c7ccccc7sc56)c4)c4ccc5c(ccc6c7ccccc7sc56)c4)cc3)s2)cc1. The molecule has 3 aromatic heterocycles. The summed E-state index contributed by atoms with van der Waals surface area (Å²) < 4.78 is 5.33. The van der Waals surface area contributed by atoms with E-state index < -0.39 is 0 Å². The van der Waals surface area contributed by atoms with Crippen molar-refractivity contribution < 1.29 is 0 Å². The fraction of sp³-hybridized carbons (Fsp3) is 0. The van der Waals surface area contributed by atoms with Crippen molar-refractivity contribution in [3.63, 3.8) is 0 Å². The maximum atomic E-state index is 4.56. The fourth-order valence-corrected chi connectivity index (χ4v) is 10.8. The highest BCUT2D eigenvalue weighted by Gasteiger charge is 2.18. The first-order valence-electron chi connectivity index (χ1n) is 17.2. The maximum absolute atomic E-state index is 4.56. The number of rotatable bonds is 5. The quantitative estimate of drug-likeness (QED) is 0.177.